The minimum absolute atomic E-state index is 0.0709. The van der Waals surface area contributed by atoms with E-state index >= 15 is 0 Å². The van der Waals surface area contributed by atoms with Crippen molar-refractivity contribution in [3.8, 4) is 5.75 Å². The van der Waals surface area contributed by atoms with Crippen LogP contribution in [-0.4, -0.2) is 51.8 Å². The molecule has 0 aromatic heterocycles. The number of nitrogens with one attached hydrogen (secondary N) is 1. The topological polar surface area (TPSA) is 96.0 Å². The summed E-state index contributed by atoms with van der Waals surface area (Å²) in [6.07, 6.45) is 1.42. The fraction of sp³-hybridized carbons (Fsp3) is 0.333. The average Bonchev–Trinajstić information content (AvgIpc) is 3.17. The number of carbonyl (C=O) groups is 2. The van der Waals surface area contributed by atoms with Gasteiger partial charge in [0.05, 0.1) is 4.90 Å². The highest BCUT2D eigenvalue weighted by Gasteiger charge is 2.22. The van der Waals surface area contributed by atoms with Gasteiger partial charge in [-0.15, -0.1) is 0 Å². The molecule has 1 aliphatic rings. The number of nitrogens with zero attached hydrogens (tertiary/aromatic N) is 2. The molecule has 1 aliphatic heterocycles. The van der Waals surface area contributed by atoms with Crippen LogP contribution in [0.4, 0.5) is 5.69 Å². The monoisotopic (exact) mass is 431 g/mol. The Balaban J connectivity index is 1.54. The lowest BCUT2D eigenvalue weighted by Crippen LogP contribution is -2.30. The number of rotatable bonds is 8. The molecule has 1 saturated heterocycles. The van der Waals surface area contributed by atoms with Gasteiger partial charge in [-0.05, 0) is 42.3 Å². The summed E-state index contributed by atoms with van der Waals surface area (Å²) in [6, 6.07) is 13.6. The van der Waals surface area contributed by atoms with Crippen LogP contribution in [0, 0.1) is 0 Å². The maximum absolute atomic E-state index is 12.4. The molecule has 8 nitrogen and oxygen atoms in total. The van der Waals surface area contributed by atoms with Crippen LogP contribution in [-0.2, 0) is 26.2 Å². The molecule has 2 amide bonds. The Labute approximate surface area is 176 Å². The van der Waals surface area contributed by atoms with E-state index in [9.17, 15) is 18.0 Å². The van der Waals surface area contributed by atoms with Gasteiger partial charge in [0, 0.05) is 39.3 Å². The lowest BCUT2D eigenvalue weighted by molar-refractivity contribution is -0.123. The lowest BCUT2D eigenvalue weighted by atomic mass is 10.2. The zero-order chi connectivity index (χ0) is 21.7. The number of hydrogen-bond acceptors (Lipinski definition) is 5. The summed E-state index contributed by atoms with van der Waals surface area (Å²) in [5.74, 6) is 0.251. The van der Waals surface area contributed by atoms with Crippen LogP contribution >= 0.6 is 0 Å². The molecular weight excluding hydrogens is 406 g/mol. The smallest absolute Gasteiger partial charge is 0.258 e. The number of anilines is 1. The molecule has 0 aliphatic carbocycles. The fourth-order valence-corrected chi connectivity index (χ4v) is 4.25. The number of benzene rings is 2. The Bertz CT molecular complexity index is 1020. The van der Waals surface area contributed by atoms with E-state index in [-0.39, 0.29) is 29.9 Å². The first-order valence-corrected chi connectivity index (χ1v) is 11.0. The molecule has 30 heavy (non-hydrogen) atoms. The normalized spacial score (nSPS) is 14.2. The van der Waals surface area contributed by atoms with Gasteiger partial charge in [-0.2, -0.15) is 0 Å². The van der Waals surface area contributed by atoms with E-state index in [1.165, 1.54) is 20.2 Å². The van der Waals surface area contributed by atoms with Gasteiger partial charge in [-0.25, -0.2) is 12.7 Å². The van der Waals surface area contributed by atoms with Crippen molar-refractivity contribution in [3.05, 3.63) is 54.1 Å². The van der Waals surface area contributed by atoms with Crippen molar-refractivity contribution in [3.63, 3.8) is 0 Å². The van der Waals surface area contributed by atoms with Gasteiger partial charge < -0.3 is 15.0 Å². The molecule has 3 rings (SSSR count). The molecular formula is C21H25N3O5S. The van der Waals surface area contributed by atoms with Gasteiger partial charge in [-0.1, -0.05) is 18.2 Å². The second-order valence-corrected chi connectivity index (χ2v) is 9.22. The minimum Gasteiger partial charge on any atom is -0.484 e. The standard InChI is InChI=1S/C21H25N3O5S/c1-23(2)30(27,28)19-7-4-3-6-16(19)14-22-20(25)15-29-18-11-9-17(10-12-18)24-13-5-8-21(24)26/h3-4,6-7,9-12H,5,8,13-15H2,1-2H3,(H,22,25). The Kier molecular flexibility index (Phi) is 6.73. The number of sulfonamides is 1. The van der Waals surface area contributed by atoms with Crippen LogP contribution in [0.25, 0.3) is 0 Å². The van der Waals surface area contributed by atoms with Crippen molar-refractivity contribution in [1.82, 2.24) is 9.62 Å². The molecule has 0 saturated carbocycles. The van der Waals surface area contributed by atoms with Gasteiger partial charge in [0.15, 0.2) is 6.61 Å². The summed E-state index contributed by atoms with van der Waals surface area (Å²) in [4.78, 5) is 25.8. The first-order chi connectivity index (χ1) is 14.3. The van der Waals surface area contributed by atoms with Gasteiger partial charge in [0.25, 0.3) is 5.91 Å². The minimum atomic E-state index is -3.60. The average molecular weight is 432 g/mol. The van der Waals surface area contributed by atoms with Crippen molar-refractivity contribution in [2.45, 2.75) is 24.3 Å². The molecule has 160 valence electrons. The number of amides is 2. The van der Waals surface area contributed by atoms with Crippen molar-refractivity contribution >= 4 is 27.5 Å². The molecule has 9 heteroatoms. The maximum Gasteiger partial charge on any atom is 0.258 e. The van der Waals surface area contributed by atoms with Gasteiger partial charge in [0.2, 0.25) is 15.9 Å². The zero-order valence-corrected chi connectivity index (χ0v) is 17.8. The molecule has 0 spiro atoms. The summed E-state index contributed by atoms with van der Waals surface area (Å²) in [7, 11) is -0.680. The van der Waals surface area contributed by atoms with E-state index in [0.29, 0.717) is 24.3 Å². The summed E-state index contributed by atoms with van der Waals surface area (Å²) in [5, 5.41) is 2.68. The SMILES string of the molecule is CN(C)S(=O)(=O)c1ccccc1CNC(=O)COc1ccc(N2CCCC2=O)cc1. The number of hydrogen-bond donors (Lipinski definition) is 1. The Morgan fingerprint density at radius 1 is 1.13 bits per heavy atom. The van der Waals surface area contributed by atoms with E-state index in [1.54, 1.807) is 47.4 Å². The van der Waals surface area contributed by atoms with Crippen molar-refractivity contribution < 1.29 is 22.7 Å². The van der Waals surface area contributed by atoms with Crippen LogP contribution in [0.5, 0.6) is 5.75 Å². The van der Waals surface area contributed by atoms with Crippen LogP contribution in [0.1, 0.15) is 18.4 Å². The van der Waals surface area contributed by atoms with Gasteiger partial charge in [0.1, 0.15) is 5.75 Å². The third-order valence-electron chi connectivity index (χ3n) is 4.80. The van der Waals surface area contributed by atoms with Crippen molar-refractivity contribution in [2.75, 3.05) is 32.1 Å². The third kappa shape index (κ3) is 4.98. The molecule has 0 bridgehead atoms. The number of carbonyl (C=O) groups excluding carboxylic acids is 2. The molecule has 0 unspecified atom stereocenters. The van der Waals surface area contributed by atoms with Crippen molar-refractivity contribution in [2.24, 2.45) is 0 Å². The number of ether oxygens (including phenoxy) is 1. The van der Waals surface area contributed by atoms with Crippen LogP contribution in [0.3, 0.4) is 0 Å². The predicted octanol–water partition coefficient (Wildman–Crippen LogP) is 1.76. The Morgan fingerprint density at radius 3 is 2.47 bits per heavy atom. The molecule has 2 aromatic rings. The Morgan fingerprint density at radius 2 is 1.83 bits per heavy atom. The fourth-order valence-electron chi connectivity index (χ4n) is 3.14. The van der Waals surface area contributed by atoms with Crippen LogP contribution in [0.2, 0.25) is 0 Å². The van der Waals surface area contributed by atoms with E-state index in [0.717, 1.165) is 16.4 Å². The molecule has 1 N–H and O–H groups in total. The molecule has 0 atom stereocenters. The predicted molar refractivity (Wildman–Crippen MR) is 113 cm³/mol. The molecule has 1 fully saturated rings. The first kappa shape index (κ1) is 21.8. The highest BCUT2D eigenvalue weighted by atomic mass is 32.2. The summed E-state index contributed by atoms with van der Waals surface area (Å²) in [6.45, 7) is 0.582. The second-order valence-electron chi connectivity index (χ2n) is 7.10. The van der Waals surface area contributed by atoms with Gasteiger partial charge in [-0.3, -0.25) is 9.59 Å². The largest absolute Gasteiger partial charge is 0.484 e. The molecule has 0 radical (unpaired) electrons. The van der Waals surface area contributed by atoms with E-state index in [1.807, 2.05) is 0 Å². The van der Waals surface area contributed by atoms with E-state index in [2.05, 4.69) is 5.32 Å². The maximum atomic E-state index is 12.4. The third-order valence-corrected chi connectivity index (χ3v) is 6.71. The summed E-state index contributed by atoms with van der Waals surface area (Å²) < 4.78 is 31.5. The Hall–Kier alpha value is -2.91. The lowest BCUT2D eigenvalue weighted by Gasteiger charge is -2.16. The molecule has 2 aromatic carbocycles. The summed E-state index contributed by atoms with van der Waals surface area (Å²) in [5.41, 5.74) is 1.31. The van der Waals surface area contributed by atoms with Crippen molar-refractivity contribution in [1.29, 1.82) is 0 Å². The summed E-state index contributed by atoms with van der Waals surface area (Å²) >= 11 is 0. The highest BCUT2D eigenvalue weighted by molar-refractivity contribution is 7.89. The van der Waals surface area contributed by atoms with Crippen LogP contribution in [0.15, 0.2) is 53.4 Å². The quantitative estimate of drug-likeness (QED) is 0.687. The molecule has 1 heterocycles. The van der Waals surface area contributed by atoms with E-state index < -0.39 is 10.0 Å². The van der Waals surface area contributed by atoms with Crippen LogP contribution < -0.4 is 15.0 Å². The second kappa shape index (κ2) is 9.27. The van der Waals surface area contributed by atoms with E-state index in [4.69, 9.17) is 4.74 Å². The first-order valence-electron chi connectivity index (χ1n) is 9.59. The zero-order valence-electron chi connectivity index (χ0n) is 17.0. The van der Waals surface area contributed by atoms with Gasteiger partial charge >= 0.3 is 0 Å². The highest BCUT2D eigenvalue weighted by Crippen LogP contribution is 2.24.